The van der Waals surface area contributed by atoms with Gasteiger partial charge in [0.15, 0.2) is 0 Å². The molecule has 1 aliphatic rings. The normalized spacial score (nSPS) is 19.5. The number of carboxylic acid groups (broad SMARTS) is 1. The molecule has 1 saturated heterocycles. The van der Waals surface area contributed by atoms with Crippen molar-refractivity contribution in [3.05, 3.63) is 11.6 Å². The molecule has 0 aromatic heterocycles. The summed E-state index contributed by atoms with van der Waals surface area (Å²) >= 11 is 0. The van der Waals surface area contributed by atoms with Gasteiger partial charge < -0.3 is 10.4 Å². The maximum absolute atomic E-state index is 11.2. The summed E-state index contributed by atoms with van der Waals surface area (Å²) < 4.78 is 0. The van der Waals surface area contributed by atoms with Gasteiger partial charge in [-0.05, 0) is 13.3 Å². The van der Waals surface area contributed by atoms with Crippen LogP contribution < -0.4 is 5.32 Å². The van der Waals surface area contributed by atoms with Gasteiger partial charge in [-0.3, -0.25) is 9.69 Å². The van der Waals surface area contributed by atoms with E-state index in [4.69, 9.17) is 5.11 Å². The molecule has 5 heteroatoms. The molecule has 0 spiro atoms. The molecule has 0 unspecified atom stereocenters. The van der Waals surface area contributed by atoms with Crippen molar-refractivity contribution in [2.75, 3.05) is 26.2 Å². The Morgan fingerprint density at radius 2 is 2.40 bits per heavy atom. The Balaban J connectivity index is 2.49. The highest BCUT2D eigenvalue weighted by molar-refractivity contribution is 5.80. The van der Waals surface area contributed by atoms with E-state index >= 15 is 0 Å². The van der Waals surface area contributed by atoms with E-state index in [-0.39, 0.29) is 5.91 Å². The number of rotatable bonds is 3. The molecular weight excluding hydrogens is 196 g/mol. The molecule has 1 heterocycles. The van der Waals surface area contributed by atoms with Gasteiger partial charge in [-0.2, -0.15) is 0 Å². The monoisotopic (exact) mass is 212 g/mol. The topological polar surface area (TPSA) is 69.6 Å². The van der Waals surface area contributed by atoms with Gasteiger partial charge in [0.25, 0.3) is 0 Å². The van der Waals surface area contributed by atoms with Crippen molar-refractivity contribution in [1.82, 2.24) is 10.2 Å². The maximum atomic E-state index is 11.2. The predicted octanol–water partition coefficient (Wildman–Crippen LogP) is -0.161. The number of hydrogen-bond acceptors (Lipinski definition) is 3. The Bertz CT molecular complexity index is 286. The zero-order valence-corrected chi connectivity index (χ0v) is 8.82. The first-order valence-corrected chi connectivity index (χ1v) is 4.97. The first-order valence-electron chi connectivity index (χ1n) is 4.97. The minimum Gasteiger partial charge on any atom is -0.478 e. The first kappa shape index (κ1) is 11.7. The summed E-state index contributed by atoms with van der Waals surface area (Å²) in [6.45, 7) is 4.18. The molecule has 1 aliphatic heterocycles. The standard InChI is InChI=1S/C10H16N2O3/c1-8(5-10(14)15)6-12-4-2-3-11-9(13)7-12/h5H,2-4,6-7H2,1H3,(H,11,13)(H,14,15). The van der Waals surface area contributed by atoms with E-state index in [0.29, 0.717) is 19.6 Å². The predicted molar refractivity (Wildman–Crippen MR) is 55.5 cm³/mol. The smallest absolute Gasteiger partial charge is 0.328 e. The molecule has 1 amide bonds. The van der Waals surface area contributed by atoms with Gasteiger partial charge in [-0.25, -0.2) is 4.79 Å². The molecule has 0 aromatic carbocycles. The largest absolute Gasteiger partial charge is 0.478 e. The van der Waals surface area contributed by atoms with Crippen LogP contribution >= 0.6 is 0 Å². The fourth-order valence-electron chi connectivity index (χ4n) is 1.61. The third kappa shape index (κ3) is 4.60. The van der Waals surface area contributed by atoms with Crippen molar-refractivity contribution in [2.45, 2.75) is 13.3 Å². The van der Waals surface area contributed by atoms with Crippen molar-refractivity contribution >= 4 is 11.9 Å². The van der Waals surface area contributed by atoms with Gasteiger partial charge in [0.2, 0.25) is 5.91 Å². The van der Waals surface area contributed by atoms with Crippen LogP contribution in [0.4, 0.5) is 0 Å². The minimum atomic E-state index is -0.938. The van der Waals surface area contributed by atoms with Crippen molar-refractivity contribution in [3.8, 4) is 0 Å². The third-order valence-electron chi connectivity index (χ3n) is 2.18. The Morgan fingerprint density at radius 1 is 1.67 bits per heavy atom. The number of carbonyl (C=O) groups is 2. The fraction of sp³-hybridized carbons (Fsp3) is 0.600. The van der Waals surface area contributed by atoms with Crippen LogP contribution in [0, 0.1) is 0 Å². The van der Waals surface area contributed by atoms with Crippen LogP contribution in [0.1, 0.15) is 13.3 Å². The Kier molecular flexibility index (Phi) is 4.30. The molecule has 0 saturated carbocycles. The molecular formula is C10H16N2O3. The van der Waals surface area contributed by atoms with Gasteiger partial charge in [0.05, 0.1) is 6.54 Å². The number of carboxylic acids is 1. The van der Waals surface area contributed by atoms with Crippen LogP contribution in [-0.4, -0.2) is 48.1 Å². The van der Waals surface area contributed by atoms with Gasteiger partial charge in [0, 0.05) is 25.7 Å². The summed E-state index contributed by atoms with van der Waals surface area (Å²) in [4.78, 5) is 23.6. The third-order valence-corrected chi connectivity index (χ3v) is 2.18. The lowest BCUT2D eigenvalue weighted by Crippen LogP contribution is -2.34. The zero-order valence-electron chi connectivity index (χ0n) is 8.82. The molecule has 0 bridgehead atoms. The summed E-state index contributed by atoms with van der Waals surface area (Å²) in [5, 5.41) is 11.3. The second kappa shape index (κ2) is 5.50. The van der Waals surface area contributed by atoms with Crippen LogP contribution in [0.25, 0.3) is 0 Å². The Morgan fingerprint density at radius 3 is 3.07 bits per heavy atom. The fourth-order valence-corrected chi connectivity index (χ4v) is 1.61. The molecule has 84 valence electrons. The molecule has 0 aliphatic carbocycles. The molecule has 1 fully saturated rings. The summed E-state index contributed by atoms with van der Waals surface area (Å²) in [5.74, 6) is -0.928. The van der Waals surface area contributed by atoms with Crippen LogP contribution in [-0.2, 0) is 9.59 Å². The van der Waals surface area contributed by atoms with Crippen LogP contribution in [0.5, 0.6) is 0 Å². The lowest BCUT2D eigenvalue weighted by Gasteiger charge is -2.18. The minimum absolute atomic E-state index is 0.00984. The highest BCUT2D eigenvalue weighted by Crippen LogP contribution is 2.01. The van der Waals surface area contributed by atoms with Crippen LogP contribution in [0.15, 0.2) is 11.6 Å². The van der Waals surface area contributed by atoms with Crippen molar-refractivity contribution in [1.29, 1.82) is 0 Å². The highest BCUT2D eigenvalue weighted by Gasteiger charge is 2.14. The van der Waals surface area contributed by atoms with Crippen molar-refractivity contribution < 1.29 is 14.7 Å². The number of nitrogens with one attached hydrogen (secondary N) is 1. The Hall–Kier alpha value is -1.36. The van der Waals surface area contributed by atoms with Gasteiger partial charge in [-0.15, -0.1) is 0 Å². The van der Waals surface area contributed by atoms with E-state index in [2.05, 4.69) is 5.32 Å². The second-order valence-corrected chi connectivity index (χ2v) is 3.74. The number of nitrogens with zero attached hydrogens (tertiary/aromatic N) is 1. The molecule has 1 rings (SSSR count). The lowest BCUT2D eigenvalue weighted by atomic mass is 10.2. The molecule has 5 nitrogen and oxygen atoms in total. The zero-order chi connectivity index (χ0) is 11.3. The maximum Gasteiger partial charge on any atom is 0.328 e. The molecule has 15 heavy (non-hydrogen) atoms. The molecule has 0 aromatic rings. The number of aliphatic carboxylic acids is 1. The summed E-state index contributed by atoms with van der Waals surface area (Å²) in [6, 6.07) is 0. The molecule has 0 radical (unpaired) electrons. The number of carbonyl (C=O) groups excluding carboxylic acids is 1. The van der Waals surface area contributed by atoms with E-state index in [1.54, 1.807) is 6.92 Å². The first-order chi connectivity index (χ1) is 7.08. The molecule has 0 atom stereocenters. The van der Waals surface area contributed by atoms with Crippen LogP contribution in [0.3, 0.4) is 0 Å². The summed E-state index contributed by atoms with van der Waals surface area (Å²) in [5.41, 5.74) is 0.761. The van der Waals surface area contributed by atoms with E-state index in [9.17, 15) is 9.59 Å². The van der Waals surface area contributed by atoms with Crippen molar-refractivity contribution in [2.24, 2.45) is 0 Å². The Labute approximate surface area is 88.8 Å². The lowest BCUT2D eigenvalue weighted by molar-refractivity contribution is -0.131. The van der Waals surface area contributed by atoms with E-state index in [1.165, 1.54) is 6.08 Å². The van der Waals surface area contributed by atoms with Crippen molar-refractivity contribution in [3.63, 3.8) is 0 Å². The second-order valence-electron chi connectivity index (χ2n) is 3.74. The van der Waals surface area contributed by atoms with Gasteiger partial charge in [0.1, 0.15) is 0 Å². The quantitative estimate of drug-likeness (QED) is 0.638. The summed E-state index contributed by atoms with van der Waals surface area (Å²) in [7, 11) is 0. The summed E-state index contributed by atoms with van der Waals surface area (Å²) in [6.07, 6.45) is 2.09. The number of amides is 1. The average molecular weight is 212 g/mol. The SMILES string of the molecule is CC(=CC(=O)O)CN1CCCNC(=O)C1. The average Bonchev–Trinajstić information content (AvgIpc) is 2.28. The molecule has 2 N–H and O–H groups in total. The number of hydrogen-bond donors (Lipinski definition) is 2. The highest BCUT2D eigenvalue weighted by atomic mass is 16.4. The van der Waals surface area contributed by atoms with Gasteiger partial charge >= 0.3 is 5.97 Å². The van der Waals surface area contributed by atoms with E-state index < -0.39 is 5.97 Å². The van der Waals surface area contributed by atoms with Crippen LogP contribution in [0.2, 0.25) is 0 Å². The van der Waals surface area contributed by atoms with E-state index in [1.807, 2.05) is 4.90 Å². The van der Waals surface area contributed by atoms with Gasteiger partial charge in [-0.1, -0.05) is 5.57 Å². The van der Waals surface area contributed by atoms with E-state index in [0.717, 1.165) is 18.5 Å².